The highest BCUT2D eigenvalue weighted by Crippen LogP contribution is 2.53. The highest BCUT2D eigenvalue weighted by molar-refractivity contribution is 5.84. The fourth-order valence-corrected chi connectivity index (χ4v) is 2.61. The van der Waals surface area contributed by atoms with E-state index in [1.807, 2.05) is 0 Å². The van der Waals surface area contributed by atoms with Crippen LogP contribution in [0.2, 0.25) is 0 Å². The maximum Gasteiger partial charge on any atom is 0.334 e. The van der Waals surface area contributed by atoms with E-state index in [-0.39, 0.29) is 0 Å². The van der Waals surface area contributed by atoms with Crippen molar-refractivity contribution in [2.45, 2.75) is 18.3 Å². The Morgan fingerprint density at radius 3 is 2.71 bits per heavy atom. The van der Waals surface area contributed by atoms with Crippen LogP contribution in [0.3, 0.4) is 0 Å². The minimum atomic E-state index is -3.06. The molecule has 0 spiro atoms. The lowest BCUT2D eigenvalue weighted by Crippen LogP contribution is -2.41. The van der Waals surface area contributed by atoms with Gasteiger partial charge in [0.1, 0.15) is 0 Å². The van der Waals surface area contributed by atoms with Crippen LogP contribution in [0.5, 0.6) is 0 Å². The summed E-state index contributed by atoms with van der Waals surface area (Å²) in [5.41, 5.74) is 0. The SMILES string of the molecule is CN1C(=O)[C@H]2[C@H]([C@H]3C=C[C@@H]2O3)C1(F)F. The normalized spacial score (nSPS) is 47.6. The molecule has 0 aliphatic carbocycles. The molecule has 0 unspecified atom stereocenters. The summed E-state index contributed by atoms with van der Waals surface area (Å²) in [6.45, 7) is 0. The van der Waals surface area contributed by atoms with Gasteiger partial charge in [-0.05, 0) is 0 Å². The number of alkyl halides is 2. The number of likely N-dealkylation sites (tertiary alicyclic amines) is 1. The van der Waals surface area contributed by atoms with E-state index in [0.717, 1.165) is 7.05 Å². The van der Waals surface area contributed by atoms with Gasteiger partial charge in [0.15, 0.2) is 0 Å². The number of nitrogens with zero attached hydrogens (tertiary/aromatic N) is 1. The molecule has 2 saturated heterocycles. The number of hydrogen-bond acceptors (Lipinski definition) is 2. The highest BCUT2D eigenvalue weighted by Gasteiger charge is 2.68. The van der Waals surface area contributed by atoms with E-state index in [4.69, 9.17) is 4.74 Å². The summed E-state index contributed by atoms with van der Waals surface area (Å²) < 4.78 is 32.4. The summed E-state index contributed by atoms with van der Waals surface area (Å²) >= 11 is 0. The van der Waals surface area contributed by atoms with Gasteiger partial charge < -0.3 is 4.74 Å². The quantitative estimate of drug-likeness (QED) is 0.424. The molecule has 14 heavy (non-hydrogen) atoms. The first-order valence-corrected chi connectivity index (χ1v) is 4.53. The van der Waals surface area contributed by atoms with Gasteiger partial charge in [-0.1, -0.05) is 12.2 Å². The Balaban J connectivity index is 2.09. The molecule has 5 heteroatoms. The lowest BCUT2D eigenvalue weighted by molar-refractivity contribution is -0.168. The van der Waals surface area contributed by atoms with E-state index in [1.54, 1.807) is 12.2 Å². The third-order valence-corrected chi connectivity index (χ3v) is 3.36. The van der Waals surface area contributed by atoms with Gasteiger partial charge in [0.25, 0.3) is 0 Å². The molecular weight excluding hydrogens is 192 g/mol. The summed E-state index contributed by atoms with van der Waals surface area (Å²) in [6, 6.07) is -3.06. The van der Waals surface area contributed by atoms with E-state index in [1.165, 1.54) is 0 Å². The molecule has 76 valence electrons. The molecule has 2 fully saturated rings. The van der Waals surface area contributed by atoms with Gasteiger partial charge in [-0.3, -0.25) is 9.69 Å². The standard InChI is InChI=1S/C9H9F2NO2/c1-12-8(13)6-4-2-3-5(14-4)7(6)9(12,10)11/h2-7H,1H3/t4-,5+,6+,7-/m0/s1. The third-order valence-electron chi connectivity index (χ3n) is 3.36. The maximum absolute atomic E-state index is 13.6. The van der Waals surface area contributed by atoms with Gasteiger partial charge in [0, 0.05) is 7.05 Å². The molecule has 0 aromatic heterocycles. The number of hydrogen-bond donors (Lipinski definition) is 0. The number of halogens is 2. The van der Waals surface area contributed by atoms with Crippen molar-refractivity contribution in [1.82, 2.24) is 4.90 Å². The number of rotatable bonds is 0. The second kappa shape index (κ2) is 2.16. The first-order chi connectivity index (χ1) is 6.53. The van der Waals surface area contributed by atoms with E-state index < -0.39 is 36.0 Å². The molecule has 1 amide bonds. The maximum atomic E-state index is 13.6. The zero-order valence-corrected chi connectivity index (χ0v) is 7.48. The minimum Gasteiger partial charge on any atom is -0.365 e. The average Bonchev–Trinajstić information content (AvgIpc) is 2.76. The largest absolute Gasteiger partial charge is 0.365 e. The number of amides is 1. The highest BCUT2D eigenvalue weighted by atomic mass is 19.3. The molecule has 0 saturated carbocycles. The van der Waals surface area contributed by atoms with E-state index in [2.05, 4.69) is 0 Å². The zero-order valence-electron chi connectivity index (χ0n) is 7.48. The molecule has 3 heterocycles. The smallest absolute Gasteiger partial charge is 0.334 e. The Bertz CT molecular complexity index is 342. The summed E-state index contributed by atoms with van der Waals surface area (Å²) in [6.07, 6.45) is 2.31. The molecule has 3 aliphatic rings. The lowest BCUT2D eigenvalue weighted by Gasteiger charge is -2.25. The van der Waals surface area contributed by atoms with Crippen LogP contribution in [0.25, 0.3) is 0 Å². The van der Waals surface area contributed by atoms with Gasteiger partial charge in [-0.15, -0.1) is 0 Å². The number of ether oxygens (including phenoxy) is 1. The number of carbonyl (C=O) groups is 1. The Hall–Kier alpha value is -0.970. The van der Waals surface area contributed by atoms with Gasteiger partial charge in [0.2, 0.25) is 5.91 Å². The van der Waals surface area contributed by atoms with Crippen molar-refractivity contribution in [2.75, 3.05) is 7.05 Å². The van der Waals surface area contributed by atoms with Crippen molar-refractivity contribution in [3.05, 3.63) is 12.2 Å². The van der Waals surface area contributed by atoms with Crippen molar-refractivity contribution >= 4 is 5.91 Å². The van der Waals surface area contributed by atoms with Crippen LogP contribution in [-0.2, 0) is 9.53 Å². The van der Waals surface area contributed by atoms with Crippen LogP contribution < -0.4 is 0 Å². The topological polar surface area (TPSA) is 29.5 Å². The monoisotopic (exact) mass is 201 g/mol. The van der Waals surface area contributed by atoms with E-state index in [9.17, 15) is 13.6 Å². The molecule has 0 radical (unpaired) electrons. The van der Waals surface area contributed by atoms with Crippen LogP contribution in [0, 0.1) is 11.8 Å². The molecule has 0 aromatic rings. The van der Waals surface area contributed by atoms with E-state index >= 15 is 0 Å². The molecule has 3 rings (SSSR count). The van der Waals surface area contributed by atoms with Crippen molar-refractivity contribution in [3.8, 4) is 0 Å². The fourth-order valence-electron chi connectivity index (χ4n) is 2.61. The predicted molar refractivity (Wildman–Crippen MR) is 42.5 cm³/mol. The van der Waals surface area contributed by atoms with Crippen LogP contribution >= 0.6 is 0 Å². The van der Waals surface area contributed by atoms with Crippen LogP contribution in [0.15, 0.2) is 12.2 Å². The molecule has 0 aromatic carbocycles. The third kappa shape index (κ3) is 0.692. The van der Waals surface area contributed by atoms with Gasteiger partial charge in [-0.25, -0.2) is 0 Å². The van der Waals surface area contributed by atoms with Crippen molar-refractivity contribution in [2.24, 2.45) is 11.8 Å². The minimum absolute atomic E-state index is 0.437. The molecule has 4 atom stereocenters. The number of fused-ring (bicyclic) bond motifs is 5. The zero-order chi connectivity index (χ0) is 10.1. The Labute approximate surface area is 79.3 Å². The summed E-state index contributed by atoms with van der Waals surface area (Å²) in [4.78, 5) is 12.1. The summed E-state index contributed by atoms with van der Waals surface area (Å²) in [5.74, 6) is -2.17. The van der Waals surface area contributed by atoms with Crippen molar-refractivity contribution in [1.29, 1.82) is 0 Å². The second-order valence-electron chi connectivity index (χ2n) is 3.99. The molecule has 0 N–H and O–H groups in total. The van der Waals surface area contributed by atoms with Gasteiger partial charge in [-0.2, -0.15) is 8.78 Å². The lowest BCUT2D eigenvalue weighted by atomic mass is 9.84. The van der Waals surface area contributed by atoms with Gasteiger partial charge in [0.05, 0.1) is 24.0 Å². The van der Waals surface area contributed by atoms with Crippen LogP contribution in [0.1, 0.15) is 0 Å². The molecule has 3 nitrogen and oxygen atoms in total. The van der Waals surface area contributed by atoms with Crippen LogP contribution in [-0.4, -0.2) is 36.1 Å². The van der Waals surface area contributed by atoms with Gasteiger partial charge >= 0.3 is 6.05 Å². The second-order valence-corrected chi connectivity index (χ2v) is 3.99. The number of carbonyl (C=O) groups excluding carboxylic acids is 1. The molecule has 2 bridgehead atoms. The Kier molecular flexibility index (Phi) is 1.29. The van der Waals surface area contributed by atoms with Crippen LogP contribution in [0.4, 0.5) is 8.78 Å². The molecular formula is C9H9F2NO2. The van der Waals surface area contributed by atoms with Crippen molar-refractivity contribution in [3.63, 3.8) is 0 Å². The summed E-state index contributed by atoms with van der Waals surface area (Å²) in [7, 11) is 1.15. The Morgan fingerprint density at radius 1 is 1.43 bits per heavy atom. The summed E-state index contributed by atoms with van der Waals surface area (Å²) in [5, 5.41) is 0. The Morgan fingerprint density at radius 2 is 2.07 bits per heavy atom. The predicted octanol–water partition coefficient (Wildman–Crippen LogP) is 0.621. The first-order valence-electron chi connectivity index (χ1n) is 4.53. The average molecular weight is 201 g/mol. The fraction of sp³-hybridized carbons (Fsp3) is 0.667. The van der Waals surface area contributed by atoms with Crippen molar-refractivity contribution < 1.29 is 18.3 Å². The first kappa shape index (κ1) is 8.35. The van der Waals surface area contributed by atoms with E-state index in [0.29, 0.717) is 4.90 Å². The molecule has 3 aliphatic heterocycles.